The molecule has 0 atom stereocenters. The number of hydrogen-bond donors (Lipinski definition) is 0. The van der Waals surface area contributed by atoms with Gasteiger partial charge >= 0.3 is 0 Å². The average molecular weight is 294 g/mol. The first kappa shape index (κ1) is 12.6. The topological polar surface area (TPSA) is 26.3 Å². The highest BCUT2D eigenvalue weighted by molar-refractivity contribution is 7.71. The van der Waals surface area contributed by atoms with Crippen LogP contribution < -0.4 is 0 Å². The summed E-state index contributed by atoms with van der Waals surface area (Å²) in [4.78, 5) is 0. The fraction of sp³-hybridized carbons (Fsp3) is 0.167. The van der Waals surface area contributed by atoms with Crippen LogP contribution in [0.5, 0.6) is 0 Å². The highest BCUT2D eigenvalue weighted by atomic mass is 32.1. The summed E-state index contributed by atoms with van der Waals surface area (Å²) in [5.41, 5.74) is 3.91. The van der Waals surface area contributed by atoms with Crippen molar-refractivity contribution in [1.29, 1.82) is 0 Å². The standard InChI is InChI=1S/C18H14O2S/c1-9-11(3)19-16-10(2)17-15(8-14(9)16)12-6-4-5-7-13(12)18(21)20-17/h4-8H,1-3H3. The zero-order chi connectivity index (χ0) is 14.7. The van der Waals surface area contributed by atoms with Gasteiger partial charge in [-0.2, -0.15) is 0 Å². The molecule has 0 radical (unpaired) electrons. The van der Waals surface area contributed by atoms with Gasteiger partial charge in [0.1, 0.15) is 16.9 Å². The molecular formula is C18H14O2S. The molecule has 104 valence electrons. The molecule has 2 heterocycles. The molecule has 2 aromatic carbocycles. The van der Waals surface area contributed by atoms with E-state index in [1.807, 2.05) is 32.0 Å². The summed E-state index contributed by atoms with van der Waals surface area (Å²) in [5, 5.41) is 4.35. The second-order valence-electron chi connectivity index (χ2n) is 5.47. The van der Waals surface area contributed by atoms with Crippen molar-refractivity contribution < 1.29 is 8.83 Å². The zero-order valence-corrected chi connectivity index (χ0v) is 12.9. The minimum atomic E-state index is 0.528. The Morgan fingerprint density at radius 2 is 1.43 bits per heavy atom. The van der Waals surface area contributed by atoms with Gasteiger partial charge in [0.2, 0.25) is 0 Å². The maximum Gasteiger partial charge on any atom is 0.198 e. The Morgan fingerprint density at radius 1 is 0.762 bits per heavy atom. The molecule has 0 N–H and O–H groups in total. The fourth-order valence-electron chi connectivity index (χ4n) is 2.99. The number of furan rings is 1. The molecule has 2 aromatic heterocycles. The minimum Gasteiger partial charge on any atom is -0.461 e. The first-order chi connectivity index (χ1) is 10.1. The number of benzene rings is 2. The number of hydrogen-bond acceptors (Lipinski definition) is 3. The lowest BCUT2D eigenvalue weighted by Gasteiger charge is -2.06. The van der Waals surface area contributed by atoms with E-state index in [1.54, 1.807) is 0 Å². The molecule has 0 aliphatic carbocycles. The predicted molar refractivity (Wildman–Crippen MR) is 88.5 cm³/mol. The van der Waals surface area contributed by atoms with Crippen LogP contribution in [0, 0.1) is 25.5 Å². The van der Waals surface area contributed by atoms with Gasteiger partial charge in [0.25, 0.3) is 0 Å². The summed E-state index contributed by atoms with van der Waals surface area (Å²) < 4.78 is 12.3. The molecule has 2 nitrogen and oxygen atoms in total. The normalized spacial score (nSPS) is 11.8. The van der Waals surface area contributed by atoms with E-state index in [2.05, 4.69) is 19.1 Å². The van der Waals surface area contributed by atoms with E-state index in [9.17, 15) is 0 Å². The van der Waals surface area contributed by atoms with Gasteiger partial charge in [-0.05, 0) is 56.1 Å². The molecule has 0 aliphatic heterocycles. The monoisotopic (exact) mass is 294 g/mol. The van der Waals surface area contributed by atoms with Crippen molar-refractivity contribution in [2.45, 2.75) is 20.8 Å². The lowest BCUT2D eigenvalue weighted by atomic mass is 10.0. The Labute approximate surface area is 127 Å². The van der Waals surface area contributed by atoms with Gasteiger partial charge in [0.15, 0.2) is 4.71 Å². The van der Waals surface area contributed by atoms with E-state index in [0.29, 0.717) is 4.71 Å². The Bertz CT molecular complexity index is 1080. The molecule has 0 spiro atoms. The van der Waals surface area contributed by atoms with Crippen molar-refractivity contribution in [2.75, 3.05) is 0 Å². The van der Waals surface area contributed by atoms with Gasteiger partial charge in [-0.1, -0.05) is 18.2 Å². The van der Waals surface area contributed by atoms with E-state index in [0.717, 1.165) is 44.0 Å². The van der Waals surface area contributed by atoms with Crippen LogP contribution in [0.2, 0.25) is 0 Å². The molecule has 0 amide bonds. The summed E-state index contributed by atoms with van der Waals surface area (Å²) in [7, 11) is 0. The van der Waals surface area contributed by atoms with Crippen molar-refractivity contribution in [3.05, 3.63) is 51.9 Å². The van der Waals surface area contributed by atoms with E-state index in [1.165, 1.54) is 5.56 Å². The molecule has 0 unspecified atom stereocenters. The Morgan fingerprint density at radius 3 is 2.19 bits per heavy atom. The highest BCUT2D eigenvalue weighted by Gasteiger charge is 2.15. The molecule has 0 bridgehead atoms. The highest BCUT2D eigenvalue weighted by Crippen LogP contribution is 2.36. The van der Waals surface area contributed by atoms with Crippen LogP contribution >= 0.6 is 12.2 Å². The van der Waals surface area contributed by atoms with Crippen LogP contribution in [0.3, 0.4) is 0 Å². The van der Waals surface area contributed by atoms with Crippen LogP contribution in [0.25, 0.3) is 32.7 Å². The molecule has 21 heavy (non-hydrogen) atoms. The number of rotatable bonds is 0. The molecule has 4 rings (SSSR count). The third-order valence-electron chi connectivity index (χ3n) is 4.28. The molecule has 0 saturated heterocycles. The Balaban J connectivity index is 2.37. The second kappa shape index (κ2) is 4.18. The van der Waals surface area contributed by atoms with Crippen LogP contribution in [0.15, 0.2) is 39.2 Å². The quantitative estimate of drug-likeness (QED) is 0.294. The fourth-order valence-corrected chi connectivity index (χ4v) is 3.25. The molecular weight excluding hydrogens is 280 g/mol. The van der Waals surface area contributed by atoms with Crippen molar-refractivity contribution in [3.8, 4) is 0 Å². The molecule has 3 heteroatoms. The molecule has 0 saturated carbocycles. The van der Waals surface area contributed by atoms with Gasteiger partial charge in [0.05, 0.1) is 0 Å². The van der Waals surface area contributed by atoms with Crippen LogP contribution in [-0.4, -0.2) is 0 Å². The van der Waals surface area contributed by atoms with Crippen molar-refractivity contribution in [3.63, 3.8) is 0 Å². The Hall–Kier alpha value is -2.13. The minimum absolute atomic E-state index is 0.528. The second-order valence-corrected chi connectivity index (χ2v) is 5.84. The molecule has 0 aliphatic rings. The Kier molecular flexibility index (Phi) is 2.51. The summed E-state index contributed by atoms with van der Waals surface area (Å²) in [6, 6.07) is 10.3. The van der Waals surface area contributed by atoms with E-state index < -0.39 is 0 Å². The molecule has 4 aromatic rings. The smallest absolute Gasteiger partial charge is 0.198 e. The maximum atomic E-state index is 5.92. The van der Waals surface area contributed by atoms with Gasteiger partial charge in [0, 0.05) is 21.7 Å². The lowest BCUT2D eigenvalue weighted by Crippen LogP contribution is -1.84. The number of aryl methyl sites for hydroxylation is 3. The summed E-state index contributed by atoms with van der Waals surface area (Å²) in [6.07, 6.45) is 0. The predicted octanol–water partition coefficient (Wildman–Crippen LogP) is 5.99. The van der Waals surface area contributed by atoms with Gasteiger partial charge < -0.3 is 8.83 Å². The zero-order valence-electron chi connectivity index (χ0n) is 12.1. The van der Waals surface area contributed by atoms with Crippen molar-refractivity contribution in [1.82, 2.24) is 0 Å². The van der Waals surface area contributed by atoms with Crippen LogP contribution in [-0.2, 0) is 0 Å². The average Bonchev–Trinajstić information content (AvgIpc) is 2.77. The molecule has 0 fully saturated rings. The first-order valence-corrected chi connectivity index (χ1v) is 7.33. The largest absolute Gasteiger partial charge is 0.461 e. The van der Waals surface area contributed by atoms with Crippen molar-refractivity contribution in [2.24, 2.45) is 0 Å². The van der Waals surface area contributed by atoms with E-state index in [4.69, 9.17) is 21.1 Å². The van der Waals surface area contributed by atoms with E-state index >= 15 is 0 Å². The third kappa shape index (κ3) is 1.61. The summed E-state index contributed by atoms with van der Waals surface area (Å²) in [6.45, 7) is 6.11. The van der Waals surface area contributed by atoms with E-state index in [-0.39, 0.29) is 0 Å². The number of fused-ring (bicyclic) bond motifs is 4. The summed E-state index contributed by atoms with van der Waals surface area (Å²) >= 11 is 5.40. The van der Waals surface area contributed by atoms with Crippen LogP contribution in [0.1, 0.15) is 16.9 Å². The van der Waals surface area contributed by atoms with Crippen LogP contribution in [0.4, 0.5) is 0 Å². The first-order valence-electron chi connectivity index (χ1n) is 6.93. The SMILES string of the molecule is Cc1oc2c(C)c3oc(=S)c4ccccc4c3cc2c1C. The third-order valence-corrected chi connectivity index (χ3v) is 4.58. The maximum absolute atomic E-state index is 5.92. The van der Waals surface area contributed by atoms with Crippen molar-refractivity contribution >= 4 is 44.9 Å². The lowest BCUT2D eigenvalue weighted by molar-refractivity contribution is 0.566. The summed E-state index contributed by atoms with van der Waals surface area (Å²) in [5.74, 6) is 0.950. The van der Waals surface area contributed by atoms with Gasteiger partial charge in [-0.25, -0.2) is 0 Å². The van der Waals surface area contributed by atoms with Gasteiger partial charge in [-0.15, -0.1) is 0 Å². The van der Waals surface area contributed by atoms with Gasteiger partial charge in [-0.3, -0.25) is 0 Å².